The van der Waals surface area contributed by atoms with Crippen molar-refractivity contribution in [2.45, 2.75) is 13.0 Å². The van der Waals surface area contributed by atoms with Crippen molar-refractivity contribution < 1.29 is 4.79 Å². The smallest absolute Gasteiger partial charge is 0.319 e. The average molecular weight is 410 g/mol. The molecule has 6 nitrogen and oxygen atoms in total. The molecule has 0 bridgehead atoms. The zero-order valence-corrected chi connectivity index (χ0v) is 16.4. The molecule has 5 rings (SSSR count). The van der Waals surface area contributed by atoms with Crippen LogP contribution >= 0.6 is 22.9 Å². The van der Waals surface area contributed by atoms with Crippen LogP contribution in [0.3, 0.4) is 0 Å². The minimum absolute atomic E-state index is 0.128. The third-order valence-corrected chi connectivity index (χ3v) is 6.01. The van der Waals surface area contributed by atoms with Gasteiger partial charge in [-0.1, -0.05) is 59.3 Å². The van der Waals surface area contributed by atoms with E-state index in [9.17, 15) is 4.79 Å². The third kappa shape index (κ3) is 3.12. The molecular weight excluding hydrogens is 394 g/mol. The van der Waals surface area contributed by atoms with Gasteiger partial charge in [-0.2, -0.15) is 4.98 Å². The van der Waals surface area contributed by atoms with Gasteiger partial charge in [0.1, 0.15) is 0 Å². The molecule has 0 fully saturated rings. The first-order valence-corrected chi connectivity index (χ1v) is 10.1. The fourth-order valence-electron chi connectivity index (χ4n) is 3.34. The highest BCUT2D eigenvalue weighted by Crippen LogP contribution is 2.30. The van der Waals surface area contributed by atoms with Crippen LogP contribution in [0.4, 0.5) is 10.5 Å². The molecule has 0 aliphatic carbocycles. The van der Waals surface area contributed by atoms with Gasteiger partial charge in [0.15, 0.2) is 5.82 Å². The van der Waals surface area contributed by atoms with Gasteiger partial charge in [0.2, 0.25) is 4.96 Å². The number of hydrogen-bond donors (Lipinski definition) is 1. The van der Waals surface area contributed by atoms with Crippen molar-refractivity contribution in [1.29, 1.82) is 0 Å². The molecule has 1 aliphatic rings. The van der Waals surface area contributed by atoms with Gasteiger partial charge in [-0.05, 0) is 18.2 Å². The van der Waals surface area contributed by atoms with Crippen molar-refractivity contribution in [2.24, 2.45) is 0 Å². The average Bonchev–Trinajstić information content (AvgIpc) is 3.26. The van der Waals surface area contributed by atoms with Gasteiger partial charge in [-0.15, -0.1) is 5.10 Å². The monoisotopic (exact) mass is 409 g/mol. The Hall–Kier alpha value is -2.90. The number of fused-ring (bicyclic) bond motifs is 3. The van der Waals surface area contributed by atoms with E-state index in [2.05, 4.69) is 15.4 Å². The van der Waals surface area contributed by atoms with Crippen molar-refractivity contribution >= 4 is 39.6 Å². The first kappa shape index (κ1) is 17.2. The van der Waals surface area contributed by atoms with Crippen molar-refractivity contribution in [1.82, 2.24) is 19.5 Å². The van der Waals surface area contributed by atoms with Gasteiger partial charge in [0, 0.05) is 34.1 Å². The predicted octanol–water partition coefficient (Wildman–Crippen LogP) is 4.70. The summed E-state index contributed by atoms with van der Waals surface area (Å²) < 4.78 is 1.93. The van der Waals surface area contributed by atoms with Crippen LogP contribution in [0.15, 0.2) is 54.6 Å². The van der Waals surface area contributed by atoms with Crippen LogP contribution in [0, 0.1) is 0 Å². The van der Waals surface area contributed by atoms with Crippen molar-refractivity contribution in [3.05, 3.63) is 70.2 Å². The summed E-state index contributed by atoms with van der Waals surface area (Å²) >= 11 is 7.58. The zero-order chi connectivity index (χ0) is 19.1. The van der Waals surface area contributed by atoms with E-state index in [1.165, 1.54) is 0 Å². The Labute approximate surface area is 170 Å². The maximum atomic E-state index is 12.6. The zero-order valence-electron chi connectivity index (χ0n) is 14.8. The summed E-state index contributed by atoms with van der Waals surface area (Å²) in [4.78, 5) is 21.1. The Morgan fingerprint density at radius 1 is 1.14 bits per heavy atom. The number of benzene rings is 2. The van der Waals surface area contributed by atoms with Gasteiger partial charge in [0.25, 0.3) is 0 Å². The summed E-state index contributed by atoms with van der Waals surface area (Å²) in [6.07, 6.45) is 0.746. The molecule has 3 heterocycles. The summed E-state index contributed by atoms with van der Waals surface area (Å²) in [5.41, 5.74) is 2.84. The molecular formula is C20H16ClN5OS. The summed E-state index contributed by atoms with van der Waals surface area (Å²) in [7, 11) is 0. The van der Waals surface area contributed by atoms with Gasteiger partial charge in [0.05, 0.1) is 12.2 Å². The second-order valence-electron chi connectivity index (χ2n) is 6.58. The number of amides is 2. The van der Waals surface area contributed by atoms with Crippen LogP contribution < -0.4 is 5.32 Å². The number of aromatic nitrogens is 3. The second kappa shape index (κ2) is 6.92. The lowest BCUT2D eigenvalue weighted by Crippen LogP contribution is -2.38. The van der Waals surface area contributed by atoms with Crippen LogP contribution in [0.1, 0.15) is 10.6 Å². The number of carbonyl (C=O) groups is 1. The molecule has 28 heavy (non-hydrogen) atoms. The van der Waals surface area contributed by atoms with E-state index in [1.807, 2.05) is 47.0 Å². The lowest BCUT2D eigenvalue weighted by atomic mass is 10.2. The molecule has 0 atom stereocenters. The maximum Gasteiger partial charge on any atom is 0.322 e. The van der Waals surface area contributed by atoms with Gasteiger partial charge < -0.3 is 10.2 Å². The number of nitrogens with one attached hydrogen (secondary N) is 1. The number of hydrogen-bond acceptors (Lipinski definition) is 4. The topological polar surface area (TPSA) is 62.5 Å². The number of carbonyl (C=O) groups excluding carboxylic acids is 1. The Morgan fingerprint density at radius 3 is 2.82 bits per heavy atom. The van der Waals surface area contributed by atoms with Crippen molar-refractivity contribution in [3.63, 3.8) is 0 Å². The summed E-state index contributed by atoms with van der Waals surface area (Å²) in [6, 6.07) is 17.0. The number of halogens is 1. The first-order valence-electron chi connectivity index (χ1n) is 8.91. The van der Waals surface area contributed by atoms with Crippen molar-refractivity contribution in [3.8, 4) is 11.4 Å². The quantitative estimate of drug-likeness (QED) is 0.522. The second-order valence-corrected chi connectivity index (χ2v) is 8.08. The minimum atomic E-state index is -0.128. The van der Waals surface area contributed by atoms with E-state index in [-0.39, 0.29) is 6.03 Å². The normalized spacial score (nSPS) is 13.5. The van der Waals surface area contributed by atoms with Crippen LogP contribution in [-0.2, 0) is 13.0 Å². The van der Waals surface area contributed by atoms with Crippen LogP contribution in [-0.4, -0.2) is 32.1 Å². The fourth-order valence-corrected chi connectivity index (χ4v) is 4.65. The van der Waals surface area contributed by atoms with Gasteiger partial charge in [-0.25, -0.2) is 9.31 Å². The summed E-state index contributed by atoms with van der Waals surface area (Å²) in [5, 5.41) is 8.19. The molecule has 140 valence electrons. The number of nitrogens with zero attached hydrogens (tertiary/aromatic N) is 4. The van der Waals surface area contributed by atoms with Crippen LogP contribution in [0.25, 0.3) is 16.3 Å². The Balaban J connectivity index is 1.36. The molecule has 0 unspecified atom stereocenters. The molecule has 4 aromatic rings. The molecule has 8 heteroatoms. The largest absolute Gasteiger partial charge is 0.322 e. The Morgan fingerprint density at radius 2 is 2.00 bits per heavy atom. The molecule has 0 saturated heterocycles. The van der Waals surface area contributed by atoms with Gasteiger partial charge >= 0.3 is 6.03 Å². The molecule has 0 radical (unpaired) electrons. The van der Waals surface area contributed by atoms with Gasteiger partial charge in [-0.3, -0.25) is 0 Å². The SMILES string of the molecule is O=C(Nc1cccc(Cl)c1)N1CCc2c(sc3nc(-c4ccccc4)nn23)C1. The number of rotatable bonds is 2. The first-order chi connectivity index (χ1) is 13.7. The highest BCUT2D eigenvalue weighted by atomic mass is 35.5. The molecule has 0 saturated carbocycles. The van der Waals surface area contributed by atoms with E-state index in [1.54, 1.807) is 28.4 Å². The highest BCUT2D eigenvalue weighted by Gasteiger charge is 2.26. The lowest BCUT2D eigenvalue weighted by Gasteiger charge is -2.26. The van der Waals surface area contributed by atoms with E-state index >= 15 is 0 Å². The molecule has 1 aliphatic heterocycles. The Bertz CT molecular complexity index is 1170. The van der Waals surface area contributed by atoms with Crippen LogP contribution in [0.5, 0.6) is 0 Å². The minimum Gasteiger partial charge on any atom is -0.319 e. The molecule has 0 spiro atoms. The van der Waals surface area contributed by atoms with E-state index in [0.29, 0.717) is 23.8 Å². The van der Waals surface area contributed by atoms with E-state index < -0.39 is 0 Å². The third-order valence-electron chi connectivity index (χ3n) is 4.72. The van der Waals surface area contributed by atoms with E-state index in [0.717, 1.165) is 33.3 Å². The molecule has 2 aromatic heterocycles. The number of urea groups is 1. The standard InChI is InChI=1S/C20H16ClN5OS/c21-14-7-4-8-15(11-14)22-19(27)25-10-9-16-17(12-25)28-20-23-18(24-26(16)20)13-5-2-1-3-6-13/h1-8,11H,9-10,12H2,(H,22,27). The van der Waals surface area contributed by atoms with Crippen molar-refractivity contribution in [2.75, 3.05) is 11.9 Å². The number of thiazole rings is 1. The van der Waals surface area contributed by atoms with E-state index in [4.69, 9.17) is 11.6 Å². The predicted molar refractivity (Wildman–Crippen MR) is 111 cm³/mol. The Kier molecular flexibility index (Phi) is 4.26. The van der Waals surface area contributed by atoms with Crippen LogP contribution in [0.2, 0.25) is 5.02 Å². The molecule has 2 amide bonds. The fraction of sp³-hybridized carbons (Fsp3) is 0.150. The number of anilines is 1. The summed E-state index contributed by atoms with van der Waals surface area (Å²) in [6.45, 7) is 1.18. The highest BCUT2D eigenvalue weighted by molar-refractivity contribution is 7.17. The molecule has 1 N–H and O–H groups in total. The summed E-state index contributed by atoms with van der Waals surface area (Å²) in [5.74, 6) is 0.732. The maximum absolute atomic E-state index is 12.6. The lowest BCUT2D eigenvalue weighted by molar-refractivity contribution is 0.206. The molecule has 2 aromatic carbocycles.